The standard InChI is InChI=1S/C10H8F2N2O2/c1-10(8(15)13-9(16)14-10)6-3-2-5(11)4-7(6)12/h2-4H,1H3,(H2,13,14,15,16). The van der Waals surface area contributed by atoms with Crippen LogP contribution in [0.2, 0.25) is 0 Å². The molecule has 1 aromatic rings. The Hall–Kier alpha value is -1.98. The summed E-state index contributed by atoms with van der Waals surface area (Å²) < 4.78 is 26.2. The third-order valence-electron chi connectivity index (χ3n) is 2.51. The second-order valence-electron chi connectivity index (χ2n) is 3.66. The highest BCUT2D eigenvalue weighted by Gasteiger charge is 2.45. The average molecular weight is 226 g/mol. The molecule has 1 heterocycles. The summed E-state index contributed by atoms with van der Waals surface area (Å²) in [6.45, 7) is 1.35. The molecule has 1 unspecified atom stereocenters. The summed E-state index contributed by atoms with van der Waals surface area (Å²) in [6.07, 6.45) is 0. The van der Waals surface area contributed by atoms with E-state index < -0.39 is 29.1 Å². The van der Waals surface area contributed by atoms with E-state index in [1.54, 1.807) is 0 Å². The number of hydrogen-bond donors (Lipinski definition) is 2. The van der Waals surface area contributed by atoms with Gasteiger partial charge in [-0.3, -0.25) is 10.1 Å². The number of amides is 3. The van der Waals surface area contributed by atoms with Gasteiger partial charge in [-0.1, -0.05) is 6.07 Å². The van der Waals surface area contributed by atoms with Gasteiger partial charge >= 0.3 is 6.03 Å². The van der Waals surface area contributed by atoms with Gasteiger partial charge in [0.1, 0.15) is 17.2 Å². The van der Waals surface area contributed by atoms with E-state index in [4.69, 9.17) is 0 Å². The molecule has 16 heavy (non-hydrogen) atoms. The predicted molar refractivity (Wildman–Crippen MR) is 50.4 cm³/mol. The van der Waals surface area contributed by atoms with Crippen LogP contribution in [0.3, 0.4) is 0 Å². The molecule has 0 spiro atoms. The molecule has 0 radical (unpaired) electrons. The quantitative estimate of drug-likeness (QED) is 0.702. The van der Waals surface area contributed by atoms with Crippen molar-refractivity contribution in [1.29, 1.82) is 0 Å². The second-order valence-corrected chi connectivity index (χ2v) is 3.66. The normalized spacial score (nSPS) is 24.2. The van der Waals surface area contributed by atoms with E-state index >= 15 is 0 Å². The van der Waals surface area contributed by atoms with E-state index in [0.717, 1.165) is 12.1 Å². The summed E-state index contributed by atoms with van der Waals surface area (Å²) in [5.41, 5.74) is -1.56. The third kappa shape index (κ3) is 1.42. The Bertz CT molecular complexity index is 490. The zero-order chi connectivity index (χ0) is 11.9. The van der Waals surface area contributed by atoms with Crippen LogP contribution in [-0.4, -0.2) is 11.9 Å². The van der Waals surface area contributed by atoms with Crippen LogP contribution in [0.4, 0.5) is 13.6 Å². The molecular weight excluding hydrogens is 218 g/mol. The smallest absolute Gasteiger partial charge is 0.319 e. The van der Waals surface area contributed by atoms with Crippen molar-refractivity contribution in [3.63, 3.8) is 0 Å². The Kier molecular flexibility index (Phi) is 2.15. The van der Waals surface area contributed by atoms with Crippen LogP contribution in [0.15, 0.2) is 18.2 Å². The van der Waals surface area contributed by atoms with Crippen molar-refractivity contribution in [1.82, 2.24) is 10.6 Å². The molecule has 0 saturated carbocycles. The minimum absolute atomic E-state index is 0.0720. The molecule has 2 rings (SSSR count). The lowest BCUT2D eigenvalue weighted by molar-refractivity contribution is -0.123. The summed E-state index contributed by atoms with van der Waals surface area (Å²) in [7, 11) is 0. The van der Waals surface area contributed by atoms with Crippen molar-refractivity contribution in [2.24, 2.45) is 0 Å². The highest BCUT2D eigenvalue weighted by Crippen LogP contribution is 2.26. The zero-order valence-electron chi connectivity index (χ0n) is 8.30. The van der Waals surface area contributed by atoms with Crippen molar-refractivity contribution < 1.29 is 18.4 Å². The summed E-state index contributed by atoms with van der Waals surface area (Å²) in [5.74, 6) is -2.28. The van der Waals surface area contributed by atoms with Crippen molar-refractivity contribution in [2.45, 2.75) is 12.5 Å². The Labute approximate surface area is 89.6 Å². The fourth-order valence-electron chi connectivity index (χ4n) is 1.63. The van der Waals surface area contributed by atoms with Gasteiger partial charge in [0.25, 0.3) is 5.91 Å². The van der Waals surface area contributed by atoms with Crippen LogP contribution in [0.1, 0.15) is 12.5 Å². The Morgan fingerprint density at radius 1 is 1.25 bits per heavy atom. The molecule has 1 aliphatic heterocycles. The number of benzene rings is 1. The van der Waals surface area contributed by atoms with Gasteiger partial charge in [0, 0.05) is 11.6 Å². The fourth-order valence-corrected chi connectivity index (χ4v) is 1.63. The first-order valence-electron chi connectivity index (χ1n) is 4.52. The minimum Gasteiger partial charge on any atom is -0.319 e. The molecule has 1 aliphatic rings. The number of nitrogens with one attached hydrogen (secondary N) is 2. The lowest BCUT2D eigenvalue weighted by atomic mass is 9.92. The number of halogens is 2. The van der Waals surface area contributed by atoms with Gasteiger partial charge in [-0.2, -0.15) is 0 Å². The first kappa shape index (κ1) is 10.5. The molecule has 1 saturated heterocycles. The van der Waals surface area contributed by atoms with Crippen LogP contribution in [0.5, 0.6) is 0 Å². The lowest BCUT2D eigenvalue weighted by Crippen LogP contribution is -2.41. The van der Waals surface area contributed by atoms with Crippen molar-refractivity contribution in [3.05, 3.63) is 35.4 Å². The highest BCUT2D eigenvalue weighted by molar-refractivity contribution is 6.07. The first-order valence-corrected chi connectivity index (χ1v) is 4.52. The number of urea groups is 1. The molecule has 4 nitrogen and oxygen atoms in total. The van der Waals surface area contributed by atoms with Gasteiger partial charge in [0.2, 0.25) is 0 Å². The first-order chi connectivity index (χ1) is 7.43. The predicted octanol–water partition coefficient (Wildman–Crippen LogP) is 1.02. The van der Waals surface area contributed by atoms with Gasteiger partial charge in [-0.25, -0.2) is 13.6 Å². The van der Waals surface area contributed by atoms with E-state index in [1.807, 2.05) is 5.32 Å². The number of carbonyl (C=O) groups is 2. The van der Waals surface area contributed by atoms with Crippen LogP contribution in [0, 0.1) is 11.6 Å². The maximum atomic E-state index is 13.5. The molecule has 6 heteroatoms. The van der Waals surface area contributed by atoms with Crippen LogP contribution >= 0.6 is 0 Å². The van der Waals surface area contributed by atoms with E-state index in [2.05, 4.69) is 5.32 Å². The maximum absolute atomic E-state index is 13.5. The molecule has 1 aromatic carbocycles. The SMILES string of the molecule is CC1(c2ccc(F)cc2F)NC(=O)NC1=O. The number of carbonyl (C=O) groups excluding carboxylic acids is 2. The monoisotopic (exact) mass is 226 g/mol. The minimum atomic E-state index is -1.49. The van der Waals surface area contributed by atoms with Gasteiger partial charge in [-0.05, 0) is 13.0 Å². The average Bonchev–Trinajstić information content (AvgIpc) is 2.40. The molecule has 84 valence electrons. The Morgan fingerprint density at radius 2 is 1.94 bits per heavy atom. The topological polar surface area (TPSA) is 58.2 Å². The summed E-state index contributed by atoms with van der Waals surface area (Å²) in [5, 5.41) is 4.29. The number of hydrogen-bond acceptors (Lipinski definition) is 2. The summed E-state index contributed by atoms with van der Waals surface area (Å²) >= 11 is 0. The molecule has 1 fully saturated rings. The maximum Gasteiger partial charge on any atom is 0.322 e. The van der Waals surface area contributed by atoms with Crippen LogP contribution < -0.4 is 10.6 Å². The zero-order valence-corrected chi connectivity index (χ0v) is 8.30. The van der Waals surface area contributed by atoms with Crippen molar-refractivity contribution in [3.8, 4) is 0 Å². The lowest BCUT2D eigenvalue weighted by Gasteiger charge is -2.21. The molecule has 3 amide bonds. The fraction of sp³-hybridized carbons (Fsp3) is 0.200. The molecule has 1 atom stereocenters. The van der Waals surface area contributed by atoms with Gasteiger partial charge in [0.15, 0.2) is 0 Å². The van der Waals surface area contributed by atoms with E-state index in [1.165, 1.54) is 6.92 Å². The van der Waals surface area contributed by atoms with E-state index in [0.29, 0.717) is 6.07 Å². The van der Waals surface area contributed by atoms with Gasteiger partial charge in [0.05, 0.1) is 0 Å². The number of rotatable bonds is 1. The third-order valence-corrected chi connectivity index (χ3v) is 2.51. The van der Waals surface area contributed by atoms with Crippen LogP contribution in [-0.2, 0) is 10.3 Å². The Balaban J connectivity index is 2.51. The molecule has 0 bridgehead atoms. The second kappa shape index (κ2) is 3.26. The summed E-state index contributed by atoms with van der Waals surface area (Å²) in [4.78, 5) is 22.5. The molecule has 0 aliphatic carbocycles. The summed E-state index contributed by atoms with van der Waals surface area (Å²) in [6, 6.07) is 2.13. The van der Waals surface area contributed by atoms with Crippen molar-refractivity contribution >= 4 is 11.9 Å². The molecular formula is C10H8F2N2O2. The van der Waals surface area contributed by atoms with Gasteiger partial charge < -0.3 is 5.32 Å². The van der Waals surface area contributed by atoms with Gasteiger partial charge in [-0.15, -0.1) is 0 Å². The van der Waals surface area contributed by atoms with E-state index in [-0.39, 0.29) is 5.56 Å². The largest absolute Gasteiger partial charge is 0.322 e. The van der Waals surface area contributed by atoms with Crippen LogP contribution in [0.25, 0.3) is 0 Å². The van der Waals surface area contributed by atoms with Crippen molar-refractivity contribution in [2.75, 3.05) is 0 Å². The Morgan fingerprint density at radius 3 is 2.44 bits per heavy atom. The molecule has 2 N–H and O–H groups in total. The molecule has 0 aromatic heterocycles. The highest BCUT2D eigenvalue weighted by atomic mass is 19.1. The van der Waals surface area contributed by atoms with E-state index in [9.17, 15) is 18.4 Å². The number of imide groups is 1.